The van der Waals surface area contributed by atoms with E-state index in [0.29, 0.717) is 18.1 Å². The molecule has 1 amide bonds. The molecule has 134 valence electrons. The Kier molecular flexibility index (Phi) is 7.53. The molecular weight excluding hydrogens is 302 g/mol. The van der Waals surface area contributed by atoms with Crippen LogP contribution in [0.25, 0.3) is 0 Å². The van der Waals surface area contributed by atoms with Crippen LogP contribution in [0.1, 0.15) is 37.6 Å². The summed E-state index contributed by atoms with van der Waals surface area (Å²) in [5, 5.41) is 6.46. The summed E-state index contributed by atoms with van der Waals surface area (Å²) >= 11 is 0. The number of nitrogens with one attached hydrogen (secondary N) is 2. The van der Waals surface area contributed by atoms with Gasteiger partial charge < -0.3 is 20.3 Å². The van der Waals surface area contributed by atoms with Gasteiger partial charge in [-0.3, -0.25) is 4.79 Å². The number of likely N-dealkylation sites (N-methyl/N-ethyl adjacent to an activating group) is 1. The first kappa shape index (κ1) is 18.7. The third kappa shape index (κ3) is 5.49. The van der Waals surface area contributed by atoms with E-state index >= 15 is 0 Å². The Morgan fingerprint density at radius 1 is 1.29 bits per heavy atom. The third-order valence-corrected chi connectivity index (χ3v) is 4.83. The lowest BCUT2D eigenvalue weighted by Crippen LogP contribution is -2.50. The Balaban J connectivity index is 1.81. The lowest BCUT2D eigenvalue weighted by Gasteiger charge is -2.30. The minimum Gasteiger partial charge on any atom is -0.492 e. The van der Waals surface area contributed by atoms with Crippen LogP contribution in [0.3, 0.4) is 0 Å². The molecule has 0 bridgehead atoms. The van der Waals surface area contributed by atoms with E-state index < -0.39 is 0 Å². The molecule has 0 aromatic heterocycles. The second-order valence-corrected chi connectivity index (χ2v) is 6.45. The van der Waals surface area contributed by atoms with Crippen LogP contribution in [-0.2, 0) is 0 Å². The van der Waals surface area contributed by atoms with Crippen molar-refractivity contribution >= 4 is 5.91 Å². The maximum absolute atomic E-state index is 12.4. The summed E-state index contributed by atoms with van der Waals surface area (Å²) in [6.07, 6.45) is 1.10. The standard InChI is InChI=1S/C19H31N3O2/c1-4-22(5-2)12-13-24-17-8-6-16(7-9-17)19(23)21-18-14-20-11-10-15(18)3/h6-9,15,18,20H,4-5,10-14H2,1-3H3,(H,21,23). The molecule has 1 aliphatic rings. The summed E-state index contributed by atoms with van der Waals surface area (Å²) in [5.41, 5.74) is 0.684. The Bertz CT molecular complexity index is 500. The maximum atomic E-state index is 12.4. The number of hydrogen-bond acceptors (Lipinski definition) is 4. The molecule has 0 saturated carbocycles. The van der Waals surface area contributed by atoms with Crippen molar-refractivity contribution in [2.45, 2.75) is 33.2 Å². The predicted octanol–water partition coefficient (Wildman–Crippen LogP) is 2.13. The van der Waals surface area contributed by atoms with E-state index in [9.17, 15) is 4.79 Å². The number of hydrogen-bond donors (Lipinski definition) is 2. The molecule has 5 nitrogen and oxygen atoms in total. The Morgan fingerprint density at radius 3 is 2.62 bits per heavy atom. The first-order chi connectivity index (χ1) is 11.6. The van der Waals surface area contributed by atoms with Crippen molar-refractivity contribution in [3.05, 3.63) is 29.8 Å². The molecule has 1 aromatic carbocycles. The monoisotopic (exact) mass is 333 g/mol. The first-order valence-corrected chi connectivity index (χ1v) is 9.10. The van der Waals surface area contributed by atoms with Crippen LogP contribution in [0.2, 0.25) is 0 Å². The fourth-order valence-corrected chi connectivity index (χ4v) is 2.97. The molecule has 24 heavy (non-hydrogen) atoms. The van der Waals surface area contributed by atoms with E-state index in [0.717, 1.165) is 44.9 Å². The van der Waals surface area contributed by atoms with Crippen LogP contribution in [0.4, 0.5) is 0 Å². The molecule has 2 unspecified atom stereocenters. The summed E-state index contributed by atoms with van der Waals surface area (Å²) in [6.45, 7) is 12.0. The number of carbonyl (C=O) groups is 1. The third-order valence-electron chi connectivity index (χ3n) is 4.83. The van der Waals surface area contributed by atoms with Gasteiger partial charge in [-0.2, -0.15) is 0 Å². The lowest BCUT2D eigenvalue weighted by atomic mass is 9.94. The fraction of sp³-hybridized carbons (Fsp3) is 0.632. The minimum atomic E-state index is -0.00904. The molecule has 1 aliphatic heterocycles. The summed E-state index contributed by atoms with van der Waals surface area (Å²) in [7, 11) is 0. The van der Waals surface area contributed by atoms with Crippen molar-refractivity contribution in [2.24, 2.45) is 5.92 Å². The number of ether oxygens (including phenoxy) is 1. The molecule has 0 spiro atoms. The highest BCUT2D eigenvalue weighted by atomic mass is 16.5. The molecule has 1 heterocycles. The van der Waals surface area contributed by atoms with Crippen molar-refractivity contribution in [1.82, 2.24) is 15.5 Å². The zero-order valence-electron chi connectivity index (χ0n) is 15.2. The molecule has 0 radical (unpaired) electrons. The average molecular weight is 333 g/mol. The van der Waals surface area contributed by atoms with Gasteiger partial charge in [-0.25, -0.2) is 0 Å². The van der Waals surface area contributed by atoms with Gasteiger partial charge in [0.2, 0.25) is 0 Å². The average Bonchev–Trinajstić information content (AvgIpc) is 2.61. The molecular formula is C19H31N3O2. The molecule has 2 atom stereocenters. The first-order valence-electron chi connectivity index (χ1n) is 9.10. The number of piperidine rings is 1. The predicted molar refractivity (Wildman–Crippen MR) is 97.6 cm³/mol. The molecule has 1 aromatic rings. The number of benzene rings is 1. The van der Waals surface area contributed by atoms with E-state index in [4.69, 9.17) is 4.74 Å². The van der Waals surface area contributed by atoms with Crippen LogP contribution in [0.5, 0.6) is 5.75 Å². The van der Waals surface area contributed by atoms with Gasteiger partial charge in [0.25, 0.3) is 5.91 Å². The normalized spacial score (nSPS) is 20.8. The van der Waals surface area contributed by atoms with Gasteiger partial charge in [-0.1, -0.05) is 20.8 Å². The summed E-state index contributed by atoms with van der Waals surface area (Å²) in [4.78, 5) is 14.7. The van der Waals surface area contributed by atoms with Gasteiger partial charge in [0.05, 0.1) is 0 Å². The van der Waals surface area contributed by atoms with Crippen molar-refractivity contribution in [2.75, 3.05) is 39.3 Å². The van der Waals surface area contributed by atoms with Crippen molar-refractivity contribution in [3.63, 3.8) is 0 Å². The zero-order chi connectivity index (χ0) is 17.4. The smallest absolute Gasteiger partial charge is 0.251 e. The van der Waals surface area contributed by atoms with Crippen LogP contribution >= 0.6 is 0 Å². The highest BCUT2D eigenvalue weighted by Gasteiger charge is 2.22. The Morgan fingerprint density at radius 2 is 2.00 bits per heavy atom. The van der Waals surface area contributed by atoms with Gasteiger partial charge in [0.15, 0.2) is 0 Å². The Labute approximate surface area is 145 Å². The largest absolute Gasteiger partial charge is 0.492 e. The second-order valence-electron chi connectivity index (χ2n) is 6.45. The molecule has 1 fully saturated rings. The van der Waals surface area contributed by atoms with Crippen LogP contribution in [-0.4, -0.2) is 56.2 Å². The SMILES string of the molecule is CCN(CC)CCOc1ccc(C(=O)NC2CNCCC2C)cc1. The van der Waals surface area contributed by atoms with E-state index in [1.165, 1.54) is 0 Å². The van der Waals surface area contributed by atoms with Crippen LogP contribution in [0.15, 0.2) is 24.3 Å². The topological polar surface area (TPSA) is 53.6 Å². The zero-order valence-corrected chi connectivity index (χ0v) is 15.2. The number of amides is 1. The highest BCUT2D eigenvalue weighted by molar-refractivity contribution is 5.94. The number of rotatable bonds is 8. The lowest BCUT2D eigenvalue weighted by molar-refractivity contribution is 0.0915. The van der Waals surface area contributed by atoms with E-state index in [1.807, 2.05) is 24.3 Å². The van der Waals surface area contributed by atoms with E-state index in [2.05, 4.69) is 36.3 Å². The quantitative estimate of drug-likeness (QED) is 0.765. The second kappa shape index (κ2) is 9.64. The van der Waals surface area contributed by atoms with Crippen molar-refractivity contribution in [3.8, 4) is 5.75 Å². The molecule has 1 saturated heterocycles. The van der Waals surface area contributed by atoms with E-state index in [-0.39, 0.29) is 11.9 Å². The van der Waals surface area contributed by atoms with Gasteiger partial charge in [-0.05, 0) is 56.2 Å². The van der Waals surface area contributed by atoms with Gasteiger partial charge >= 0.3 is 0 Å². The summed E-state index contributed by atoms with van der Waals surface area (Å²) in [5.74, 6) is 1.31. The number of carbonyl (C=O) groups excluding carboxylic acids is 1. The molecule has 0 aliphatic carbocycles. The number of nitrogens with zero attached hydrogens (tertiary/aromatic N) is 1. The van der Waals surface area contributed by atoms with Gasteiger partial charge in [0, 0.05) is 24.7 Å². The molecule has 2 rings (SSSR count). The van der Waals surface area contributed by atoms with Crippen LogP contribution < -0.4 is 15.4 Å². The van der Waals surface area contributed by atoms with Crippen LogP contribution in [0, 0.1) is 5.92 Å². The summed E-state index contributed by atoms with van der Waals surface area (Å²) < 4.78 is 5.76. The summed E-state index contributed by atoms with van der Waals surface area (Å²) in [6, 6.07) is 7.63. The maximum Gasteiger partial charge on any atom is 0.251 e. The Hall–Kier alpha value is -1.59. The molecule has 2 N–H and O–H groups in total. The van der Waals surface area contributed by atoms with E-state index in [1.54, 1.807) is 0 Å². The molecule has 5 heteroatoms. The van der Waals surface area contributed by atoms with Gasteiger partial charge in [0.1, 0.15) is 12.4 Å². The minimum absolute atomic E-state index is 0.00904. The highest BCUT2D eigenvalue weighted by Crippen LogP contribution is 2.15. The van der Waals surface area contributed by atoms with Crippen molar-refractivity contribution < 1.29 is 9.53 Å². The van der Waals surface area contributed by atoms with Crippen molar-refractivity contribution in [1.29, 1.82) is 0 Å². The fourth-order valence-electron chi connectivity index (χ4n) is 2.97. The van der Waals surface area contributed by atoms with Gasteiger partial charge in [-0.15, -0.1) is 0 Å².